The zero-order valence-corrected chi connectivity index (χ0v) is 23.4. The number of nitriles is 1. The third-order valence-electron chi connectivity index (χ3n) is 7.96. The molecule has 2 aromatic heterocycles. The smallest absolute Gasteiger partial charge is 0.128 e. The molecule has 0 bridgehead atoms. The van der Waals surface area contributed by atoms with Crippen LogP contribution in [0.2, 0.25) is 0 Å². The molecule has 40 heavy (non-hydrogen) atoms. The van der Waals surface area contributed by atoms with Gasteiger partial charge in [0.25, 0.3) is 0 Å². The molecule has 6 rings (SSSR count). The van der Waals surface area contributed by atoms with E-state index in [1.165, 1.54) is 5.69 Å². The van der Waals surface area contributed by atoms with Gasteiger partial charge in [-0.15, -0.1) is 0 Å². The number of fused-ring (bicyclic) bond motifs is 1. The van der Waals surface area contributed by atoms with Crippen molar-refractivity contribution in [1.29, 1.82) is 5.26 Å². The fourth-order valence-corrected chi connectivity index (χ4v) is 6.04. The molecule has 3 saturated heterocycles. The van der Waals surface area contributed by atoms with Crippen molar-refractivity contribution in [2.45, 2.75) is 31.6 Å². The molecule has 0 saturated carbocycles. The van der Waals surface area contributed by atoms with Gasteiger partial charge in [0.1, 0.15) is 11.9 Å². The molecule has 3 atom stereocenters. The number of nitrogens with two attached hydrogens (primary N) is 1. The average molecular weight is 546 g/mol. The maximum absolute atomic E-state index is 9.55. The van der Waals surface area contributed by atoms with Gasteiger partial charge in [-0.25, -0.2) is 4.98 Å². The Morgan fingerprint density at radius 2 is 1.85 bits per heavy atom. The largest absolute Gasteiger partial charge is 0.400 e. The summed E-state index contributed by atoms with van der Waals surface area (Å²) in [5, 5.41) is 17.5. The Labute approximate surface area is 238 Å². The summed E-state index contributed by atoms with van der Waals surface area (Å²) in [5.41, 5.74) is 9.38. The fourth-order valence-electron chi connectivity index (χ4n) is 6.04. The summed E-state index contributed by atoms with van der Waals surface area (Å²) in [7, 11) is 1.00. The maximum Gasteiger partial charge on any atom is 0.128 e. The van der Waals surface area contributed by atoms with Crippen molar-refractivity contribution in [2.24, 2.45) is 5.73 Å². The summed E-state index contributed by atoms with van der Waals surface area (Å²) in [4.78, 5) is 18.6. The molecule has 1 aromatic carbocycles. The molecule has 3 aliphatic heterocycles. The SMILES string of the molecule is CO.[2H]c1ccc2c(N3C[C@H](CN4CCN(c5ccc(N6CC[C@H](N)C6)nc5)CC4)O[C@H](C)C3)ccc(C#N)c2n1. The van der Waals surface area contributed by atoms with Crippen LogP contribution in [0.15, 0.2) is 48.8 Å². The fraction of sp³-hybridized carbons (Fsp3) is 0.500. The number of aromatic nitrogens is 2. The lowest BCUT2D eigenvalue weighted by Gasteiger charge is -2.42. The van der Waals surface area contributed by atoms with E-state index in [2.05, 4.69) is 49.7 Å². The molecular formula is C30H40N8O2. The van der Waals surface area contributed by atoms with E-state index in [0.717, 1.165) is 89.3 Å². The molecule has 3 aromatic rings. The Morgan fingerprint density at radius 3 is 2.55 bits per heavy atom. The topological polar surface area (TPSA) is 118 Å². The van der Waals surface area contributed by atoms with Gasteiger partial charge in [0, 0.05) is 89.3 Å². The van der Waals surface area contributed by atoms with Crippen LogP contribution in [0.3, 0.4) is 0 Å². The molecule has 0 spiro atoms. The number of anilines is 3. The van der Waals surface area contributed by atoms with E-state index in [4.69, 9.17) is 21.9 Å². The van der Waals surface area contributed by atoms with Crippen molar-refractivity contribution in [2.75, 3.05) is 80.7 Å². The molecule has 0 unspecified atom stereocenters. The normalized spacial score (nSPS) is 23.9. The number of piperazine rings is 1. The zero-order valence-electron chi connectivity index (χ0n) is 24.4. The minimum Gasteiger partial charge on any atom is -0.400 e. The van der Waals surface area contributed by atoms with Gasteiger partial charge >= 0.3 is 0 Å². The van der Waals surface area contributed by atoms with Gasteiger partial charge in [-0.05, 0) is 49.7 Å². The van der Waals surface area contributed by atoms with Gasteiger partial charge < -0.3 is 30.3 Å². The second-order valence-electron chi connectivity index (χ2n) is 10.7. The third kappa shape index (κ3) is 6.13. The monoisotopic (exact) mass is 545 g/mol. The van der Waals surface area contributed by atoms with Crippen LogP contribution in [0.25, 0.3) is 10.9 Å². The van der Waals surface area contributed by atoms with E-state index in [-0.39, 0.29) is 24.4 Å². The first-order chi connectivity index (χ1) is 20.0. The van der Waals surface area contributed by atoms with Crippen LogP contribution in [0.4, 0.5) is 17.2 Å². The maximum atomic E-state index is 9.55. The van der Waals surface area contributed by atoms with Crippen molar-refractivity contribution in [3.63, 3.8) is 0 Å². The number of benzene rings is 1. The number of hydrogen-bond acceptors (Lipinski definition) is 10. The average Bonchev–Trinajstić information content (AvgIpc) is 3.44. The number of rotatable bonds is 5. The number of ether oxygens (including phenoxy) is 1. The summed E-state index contributed by atoms with van der Waals surface area (Å²) >= 11 is 0. The number of nitrogens with zero attached hydrogens (tertiary/aromatic N) is 7. The summed E-state index contributed by atoms with van der Waals surface area (Å²) < 4.78 is 14.3. The van der Waals surface area contributed by atoms with Crippen LogP contribution < -0.4 is 20.4 Å². The van der Waals surface area contributed by atoms with E-state index in [1.807, 2.05) is 24.4 Å². The lowest BCUT2D eigenvalue weighted by Crippen LogP contribution is -2.54. The Balaban J connectivity index is 0.00000165. The summed E-state index contributed by atoms with van der Waals surface area (Å²) in [6.07, 6.45) is 3.38. The number of pyridine rings is 2. The first kappa shape index (κ1) is 26.7. The van der Waals surface area contributed by atoms with E-state index >= 15 is 0 Å². The van der Waals surface area contributed by atoms with Crippen LogP contribution in [-0.2, 0) is 4.74 Å². The Kier molecular flexibility index (Phi) is 8.54. The predicted molar refractivity (Wildman–Crippen MR) is 159 cm³/mol. The molecule has 10 heteroatoms. The highest BCUT2D eigenvalue weighted by molar-refractivity contribution is 5.95. The van der Waals surface area contributed by atoms with Crippen LogP contribution in [0, 0.1) is 11.3 Å². The predicted octanol–water partition coefficient (Wildman–Crippen LogP) is 2.06. The highest BCUT2D eigenvalue weighted by Crippen LogP contribution is 2.30. The van der Waals surface area contributed by atoms with Gasteiger partial charge in [-0.2, -0.15) is 5.26 Å². The molecule has 212 valence electrons. The molecule has 3 aliphatic rings. The van der Waals surface area contributed by atoms with Crippen LogP contribution in [-0.4, -0.2) is 104 Å². The van der Waals surface area contributed by atoms with Gasteiger partial charge in [0.05, 0.1) is 36.5 Å². The first-order valence-corrected chi connectivity index (χ1v) is 14.1. The Bertz CT molecular complexity index is 1360. The van der Waals surface area contributed by atoms with Crippen molar-refractivity contribution in [3.05, 3.63) is 54.3 Å². The zero-order chi connectivity index (χ0) is 28.9. The van der Waals surface area contributed by atoms with Crippen molar-refractivity contribution < 1.29 is 11.2 Å². The molecule has 10 nitrogen and oxygen atoms in total. The van der Waals surface area contributed by atoms with Gasteiger partial charge in [0.2, 0.25) is 0 Å². The summed E-state index contributed by atoms with van der Waals surface area (Å²) in [6, 6.07) is 14.2. The molecule has 5 heterocycles. The van der Waals surface area contributed by atoms with Crippen LogP contribution in [0.1, 0.15) is 20.3 Å². The first-order valence-electron chi connectivity index (χ1n) is 14.6. The van der Waals surface area contributed by atoms with E-state index in [9.17, 15) is 5.26 Å². The molecule has 3 fully saturated rings. The third-order valence-corrected chi connectivity index (χ3v) is 7.96. The highest BCUT2D eigenvalue weighted by atomic mass is 16.5. The van der Waals surface area contributed by atoms with E-state index in [1.54, 1.807) is 6.07 Å². The number of morpholine rings is 1. The minimum atomic E-state index is 0.0854. The molecule has 3 N–H and O–H groups in total. The van der Waals surface area contributed by atoms with Gasteiger partial charge in [0.15, 0.2) is 0 Å². The molecule has 0 amide bonds. The quantitative estimate of drug-likeness (QED) is 0.493. The van der Waals surface area contributed by atoms with Crippen LogP contribution >= 0.6 is 0 Å². The molecular weight excluding hydrogens is 504 g/mol. The van der Waals surface area contributed by atoms with E-state index < -0.39 is 0 Å². The van der Waals surface area contributed by atoms with Crippen molar-refractivity contribution >= 4 is 28.1 Å². The standard InChI is InChI=1S/C29H36N8O.CH4O/c1-21-17-37(27-6-4-22(15-30)29-26(27)3-2-9-32-29)20-25(38-21)19-34-11-13-35(14-12-34)24-5-7-28(33-16-24)36-10-8-23(31)18-36;1-2/h2-7,9,16,21,23,25H,8,10-14,17-20,31H2,1H3;2H,1H3/t21-,23+,25+;/m1./s1/i9D;. The van der Waals surface area contributed by atoms with Crippen molar-refractivity contribution in [1.82, 2.24) is 14.9 Å². The second-order valence-corrected chi connectivity index (χ2v) is 10.7. The molecule has 0 radical (unpaired) electrons. The van der Waals surface area contributed by atoms with Crippen molar-refractivity contribution in [3.8, 4) is 6.07 Å². The van der Waals surface area contributed by atoms with Gasteiger partial charge in [-0.1, -0.05) is 0 Å². The second kappa shape index (κ2) is 12.8. The van der Waals surface area contributed by atoms with Gasteiger partial charge in [-0.3, -0.25) is 9.88 Å². The minimum absolute atomic E-state index is 0.0854. The number of aliphatic hydroxyl groups is 1. The summed E-state index contributed by atoms with van der Waals surface area (Å²) in [6.45, 7) is 10.3. The lowest BCUT2D eigenvalue weighted by molar-refractivity contribution is -0.0327. The Hall–Kier alpha value is -3.49. The highest BCUT2D eigenvalue weighted by Gasteiger charge is 2.29. The lowest BCUT2D eigenvalue weighted by atomic mass is 10.1. The van der Waals surface area contributed by atoms with E-state index in [0.29, 0.717) is 11.1 Å². The molecule has 0 aliphatic carbocycles. The van der Waals surface area contributed by atoms with Crippen LogP contribution in [0.5, 0.6) is 0 Å². The summed E-state index contributed by atoms with van der Waals surface area (Å²) in [5.74, 6) is 1.02. The Morgan fingerprint density at radius 1 is 1.02 bits per heavy atom. The number of aliphatic hydroxyl groups excluding tert-OH is 1. The number of hydrogen-bond donors (Lipinski definition) is 2.